The monoisotopic (exact) mass is 364 g/mol. The molecule has 2 aromatic rings. The van der Waals surface area contributed by atoms with Gasteiger partial charge in [0.05, 0.1) is 0 Å². The lowest BCUT2D eigenvalue weighted by Crippen LogP contribution is -1.93. The fourth-order valence-corrected chi connectivity index (χ4v) is 3.44. The first-order chi connectivity index (χ1) is 10.1. The van der Waals surface area contributed by atoms with Crippen molar-refractivity contribution in [1.82, 2.24) is 0 Å². The molecule has 2 aromatic carbocycles. The van der Waals surface area contributed by atoms with Crippen molar-refractivity contribution in [1.29, 1.82) is 0 Å². The van der Waals surface area contributed by atoms with Crippen LogP contribution in [0.3, 0.4) is 0 Å². The molecule has 0 aromatic heterocycles. The van der Waals surface area contributed by atoms with E-state index in [-0.39, 0.29) is 0 Å². The molecular formula is C19H25BrS. The molecule has 0 fully saturated rings. The maximum atomic E-state index is 3.69. The molecule has 0 saturated heterocycles. The molecule has 0 nitrogen and oxygen atoms in total. The molecular weight excluding hydrogens is 340 g/mol. The van der Waals surface area contributed by atoms with Gasteiger partial charge in [-0.15, -0.1) is 11.8 Å². The van der Waals surface area contributed by atoms with Gasteiger partial charge in [0.15, 0.2) is 0 Å². The van der Waals surface area contributed by atoms with Gasteiger partial charge in [-0.1, -0.05) is 67.0 Å². The Morgan fingerprint density at radius 3 is 2.10 bits per heavy atom. The normalized spacial score (nSPS) is 10.0. The van der Waals surface area contributed by atoms with Gasteiger partial charge in [-0.25, -0.2) is 0 Å². The molecule has 2 rings (SSSR count). The first kappa shape index (κ1) is 18.3. The van der Waals surface area contributed by atoms with Gasteiger partial charge in [-0.3, -0.25) is 0 Å². The number of thioether (sulfide) groups is 1. The summed E-state index contributed by atoms with van der Waals surface area (Å²) in [6, 6.07) is 13.5. The summed E-state index contributed by atoms with van der Waals surface area (Å²) in [7, 11) is 0. The highest BCUT2D eigenvalue weighted by atomic mass is 79.9. The molecule has 21 heavy (non-hydrogen) atoms. The van der Waals surface area contributed by atoms with Gasteiger partial charge in [-0.2, -0.15) is 0 Å². The Morgan fingerprint density at radius 1 is 1.00 bits per heavy atom. The van der Waals surface area contributed by atoms with Crippen LogP contribution in [0.15, 0.2) is 45.8 Å². The van der Waals surface area contributed by atoms with Gasteiger partial charge in [0, 0.05) is 9.37 Å². The van der Waals surface area contributed by atoms with Crippen LogP contribution in [-0.2, 0) is 12.8 Å². The zero-order chi connectivity index (χ0) is 15.8. The average Bonchev–Trinajstić information content (AvgIpc) is 2.53. The summed E-state index contributed by atoms with van der Waals surface area (Å²) in [5.74, 6) is 0. The highest BCUT2D eigenvalue weighted by molar-refractivity contribution is 9.10. The Kier molecular flexibility index (Phi) is 8.13. The molecule has 0 atom stereocenters. The van der Waals surface area contributed by atoms with Gasteiger partial charge < -0.3 is 0 Å². The number of rotatable bonds is 4. The van der Waals surface area contributed by atoms with Gasteiger partial charge in [0.25, 0.3) is 0 Å². The van der Waals surface area contributed by atoms with E-state index in [1.807, 2.05) is 13.8 Å². The quantitative estimate of drug-likeness (QED) is 0.546. The van der Waals surface area contributed by atoms with E-state index in [0.717, 1.165) is 12.8 Å². The first-order valence-corrected chi connectivity index (χ1v) is 9.56. The third kappa shape index (κ3) is 5.19. The molecule has 0 saturated carbocycles. The van der Waals surface area contributed by atoms with E-state index in [1.165, 1.54) is 31.6 Å². The fourth-order valence-electron chi connectivity index (χ4n) is 2.19. The molecule has 0 amide bonds. The maximum Gasteiger partial charge on any atom is 0.0222 e. The fraction of sp³-hybridized carbons (Fsp3) is 0.368. The van der Waals surface area contributed by atoms with Crippen LogP contribution in [0.25, 0.3) is 0 Å². The van der Waals surface area contributed by atoms with Crippen molar-refractivity contribution in [2.24, 2.45) is 0 Å². The largest absolute Gasteiger partial charge is 0.129 e. The van der Waals surface area contributed by atoms with Gasteiger partial charge >= 0.3 is 0 Å². The predicted octanol–water partition coefficient (Wildman–Crippen LogP) is 6.66. The molecule has 114 valence electrons. The zero-order valence-corrected chi connectivity index (χ0v) is 16.1. The predicted molar refractivity (Wildman–Crippen MR) is 101 cm³/mol. The van der Waals surface area contributed by atoms with Crippen LogP contribution in [0, 0.1) is 6.92 Å². The number of aryl methyl sites for hydroxylation is 2. The van der Waals surface area contributed by atoms with Crippen molar-refractivity contribution in [3.63, 3.8) is 0 Å². The maximum absolute atomic E-state index is 3.69. The Morgan fingerprint density at radius 2 is 1.57 bits per heavy atom. The van der Waals surface area contributed by atoms with Crippen LogP contribution in [0.5, 0.6) is 0 Å². The van der Waals surface area contributed by atoms with Gasteiger partial charge in [-0.05, 0) is 54.3 Å². The van der Waals surface area contributed by atoms with Crippen LogP contribution >= 0.6 is 27.7 Å². The van der Waals surface area contributed by atoms with Crippen molar-refractivity contribution in [3.05, 3.63) is 63.1 Å². The van der Waals surface area contributed by atoms with Crippen LogP contribution in [0.4, 0.5) is 0 Å². The molecule has 0 aliphatic heterocycles. The molecule has 0 heterocycles. The molecule has 0 spiro atoms. The Hall–Kier alpha value is -0.730. The molecule has 2 heteroatoms. The third-order valence-electron chi connectivity index (χ3n) is 3.39. The van der Waals surface area contributed by atoms with Crippen molar-refractivity contribution in [3.8, 4) is 0 Å². The Labute approximate surface area is 142 Å². The Balaban J connectivity index is 0.00000106. The minimum absolute atomic E-state index is 0.986. The topological polar surface area (TPSA) is 0 Å². The summed E-state index contributed by atoms with van der Waals surface area (Å²) in [5, 5.41) is 0. The molecule has 0 radical (unpaired) electrons. The van der Waals surface area contributed by atoms with Crippen molar-refractivity contribution >= 4 is 27.7 Å². The lowest BCUT2D eigenvalue weighted by molar-refractivity contribution is 1.11. The van der Waals surface area contributed by atoms with E-state index >= 15 is 0 Å². The SMILES string of the molecule is CC.CCc1ccc(Cc2cc(C)c(SC)cc2Br)cc1. The van der Waals surface area contributed by atoms with Crippen LogP contribution in [0.1, 0.15) is 43.0 Å². The lowest BCUT2D eigenvalue weighted by Gasteiger charge is -2.10. The summed E-state index contributed by atoms with van der Waals surface area (Å²) < 4.78 is 1.21. The van der Waals surface area contributed by atoms with Gasteiger partial charge in [0.1, 0.15) is 0 Å². The average molecular weight is 365 g/mol. The molecule has 0 aliphatic rings. The van der Waals surface area contributed by atoms with E-state index in [1.54, 1.807) is 11.8 Å². The second-order valence-electron chi connectivity index (χ2n) is 4.76. The molecule has 0 bridgehead atoms. The van der Waals surface area contributed by atoms with Crippen LogP contribution in [0.2, 0.25) is 0 Å². The summed E-state index contributed by atoms with van der Waals surface area (Å²) in [6.07, 6.45) is 4.21. The van der Waals surface area contributed by atoms with E-state index < -0.39 is 0 Å². The van der Waals surface area contributed by atoms with Crippen molar-refractivity contribution in [2.75, 3.05) is 6.26 Å². The van der Waals surface area contributed by atoms with Crippen molar-refractivity contribution in [2.45, 2.75) is 45.4 Å². The number of hydrogen-bond donors (Lipinski definition) is 0. The van der Waals surface area contributed by atoms with E-state index in [9.17, 15) is 0 Å². The summed E-state index contributed by atoms with van der Waals surface area (Å²) >= 11 is 5.49. The van der Waals surface area contributed by atoms with Crippen LogP contribution < -0.4 is 0 Å². The van der Waals surface area contributed by atoms with Crippen LogP contribution in [-0.4, -0.2) is 6.26 Å². The molecule has 0 unspecified atom stereocenters. The Bertz CT molecular complexity index is 559. The number of benzene rings is 2. The lowest BCUT2D eigenvalue weighted by atomic mass is 10.0. The highest BCUT2D eigenvalue weighted by Gasteiger charge is 2.06. The summed E-state index contributed by atoms with van der Waals surface area (Å²) in [4.78, 5) is 1.34. The minimum atomic E-state index is 0.986. The van der Waals surface area contributed by atoms with E-state index in [0.29, 0.717) is 0 Å². The summed E-state index contributed by atoms with van der Waals surface area (Å²) in [5.41, 5.74) is 5.49. The standard InChI is InChI=1S/C17H19BrS.C2H6/c1-4-13-5-7-14(8-6-13)10-15-9-12(2)17(19-3)11-16(15)18;1-2/h5-9,11H,4,10H2,1-3H3;1-2H3. The summed E-state index contributed by atoms with van der Waals surface area (Å²) in [6.45, 7) is 8.37. The molecule has 0 N–H and O–H groups in total. The second kappa shape index (κ2) is 9.32. The minimum Gasteiger partial charge on any atom is -0.129 e. The molecule has 0 aliphatic carbocycles. The van der Waals surface area contributed by atoms with Crippen molar-refractivity contribution < 1.29 is 0 Å². The van der Waals surface area contributed by atoms with Gasteiger partial charge in [0.2, 0.25) is 0 Å². The number of hydrogen-bond acceptors (Lipinski definition) is 1. The number of halogens is 1. The highest BCUT2D eigenvalue weighted by Crippen LogP contribution is 2.29. The third-order valence-corrected chi connectivity index (χ3v) is 5.01. The van der Waals surface area contributed by atoms with E-state index in [2.05, 4.69) is 72.4 Å². The second-order valence-corrected chi connectivity index (χ2v) is 6.46. The first-order valence-electron chi connectivity index (χ1n) is 7.55. The van der Waals surface area contributed by atoms with E-state index in [4.69, 9.17) is 0 Å². The smallest absolute Gasteiger partial charge is 0.0222 e. The zero-order valence-electron chi connectivity index (χ0n) is 13.7.